The molecule has 0 amide bonds. The molecule has 0 aliphatic carbocycles. The molecule has 0 fully saturated rings. The Kier molecular flexibility index (Phi) is 16.2. The highest BCUT2D eigenvalue weighted by molar-refractivity contribution is 7.85. The normalized spacial score (nSPS) is 11.3. The maximum absolute atomic E-state index is 9.63. The summed E-state index contributed by atoms with van der Waals surface area (Å²) in [5.41, 5.74) is 5.30. The molecule has 0 heterocycles. The van der Waals surface area contributed by atoms with Crippen LogP contribution in [0.5, 0.6) is 0 Å². The van der Waals surface area contributed by atoms with Crippen LogP contribution in [0.2, 0.25) is 0 Å². The third-order valence-electron chi connectivity index (χ3n) is 2.13. The van der Waals surface area contributed by atoms with Gasteiger partial charge in [0.1, 0.15) is 0 Å². The lowest BCUT2D eigenvalue weighted by Crippen LogP contribution is -2.06. The van der Waals surface area contributed by atoms with Crippen molar-refractivity contribution in [3.8, 4) is 0 Å². The summed E-state index contributed by atoms with van der Waals surface area (Å²) in [7, 11) is -3.92. The van der Waals surface area contributed by atoms with E-state index < -0.39 is 22.5 Å². The molecule has 0 unspecified atom stereocenters. The number of allylic oxidation sites excluding steroid dienone is 1. The van der Waals surface area contributed by atoms with Gasteiger partial charge in [-0.3, -0.25) is 4.55 Å². The molecule has 0 bridgehead atoms. The summed E-state index contributed by atoms with van der Waals surface area (Å²) in [6.07, 6.45) is 12.3. The van der Waals surface area contributed by atoms with E-state index in [1.54, 1.807) is 0 Å². The van der Waals surface area contributed by atoms with Gasteiger partial charge in [0.15, 0.2) is 0 Å². The Bertz CT molecular complexity index is 276. The number of hydrogen-bond donors (Lipinski definition) is 3. The fourth-order valence-electron chi connectivity index (χ4n) is 1.20. The molecule has 4 N–H and O–H groups in total. The van der Waals surface area contributed by atoms with E-state index in [0.717, 1.165) is 0 Å². The maximum atomic E-state index is 9.63. The summed E-state index contributed by atoms with van der Waals surface area (Å²) in [5, 5.41) is 7.86. The van der Waals surface area contributed by atoms with E-state index >= 15 is 0 Å². The Morgan fingerprint density at radius 3 is 2.11 bits per heavy atom. The molecule has 5 nitrogen and oxygen atoms in total. The van der Waals surface area contributed by atoms with Gasteiger partial charge >= 0.3 is 0 Å². The molecule has 0 rings (SSSR count). The van der Waals surface area contributed by atoms with Gasteiger partial charge in [0, 0.05) is 6.54 Å². The van der Waals surface area contributed by atoms with Gasteiger partial charge in [-0.1, -0.05) is 44.8 Å². The number of nitrogens with two attached hydrogens (primary N) is 1. The van der Waals surface area contributed by atoms with Crippen LogP contribution in [0.15, 0.2) is 12.2 Å². The molecule has 0 aromatic carbocycles. The molecule has 6 heteroatoms. The highest BCUT2D eigenvalue weighted by atomic mass is 32.2. The first-order valence-electron chi connectivity index (χ1n) is 6.39. The summed E-state index contributed by atoms with van der Waals surface area (Å²) in [6.45, 7) is 2.40. The van der Waals surface area contributed by atoms with Crippen LogP contribution < -0.4 is 5.73 Å². The van der Waals surface area contributed by atoms with Crippen LogP contribution in [0.1, 0.15) is 45.4 Å². The molecule has 0 saturated heterocycles. The zero-order valence-electron chi connectivity index (χ0n) is 11.2. The molecule has 0 aromatic heterocycles. The first kappa shape index (κ1) is 19.9. The maximum Gasteiger partial charge on any atom is 0.267 e. The van der Waals surface area contributed by atoms with Crippen LogP contribution in [0.25, 0.3) is 0 Å². The van der Waals surface area contributed by atoms with Crippen molar-refractivity contribution in [1.29, 1.82) is 0 Å². The second kappa shape index (κ2) is 14.6. The van der Waals surface area contributed by atoms with Gasteiger partial charge < -0.3 is 10.8 Å². The summed E-state index contributed by atoms with van der Waals surface area (Å²) in [6, 6.07) is 0. The van der Waals surface area contributed by atoms with Gasteiger partial charge in [-0.15, -0.1) is 0 Å². The Balaban J connectivity index is 0. The van der Waals surface area contributed by atoms with Crippen molar-refractivity contribution < 1.29 is 18.1 Å². The number of unbranched alkanes of at least 4 members (excludes halogenated alkanes) is 5. The minimum absolute atomic E-state index is 0.529. The number of aliphatic hydroxyl groups excluding tert-OH is 1. The minimum atomic E-state index is -3.92. The van der Waals surface area contributed by atoms with E-state index in [9.17, 15) is 8.42 Å². The molecule has 0 aliphatic heterocycles. The molecule has 0 spiro atoms. The second-order valence-corrected chi connectivity index (χ2v) is 5.49. The van der Waals surface area contributed by atoms with Gasteiger partial charge in [-0.25, -0.2) is 0 Å². The van der Waals surface area contributed by atoms with Crippen molar-refractivity contribution in [3.63, 3.8) is 0 Å². The van der Waals surface area contributed by atoms with Crippen LogP contribution in [-0.2, 0) is 10.1 Å². The monoisotopic (exact) mass is 281 g/mol. The SMILES string of the molecule is CCCCCCCC=CCN.O=S(=O)(O)CCO. The molecule has 18 heavy (non-hydrogen) atoms. The largest absolute Gasteiger partial charge is 0.395 e. The fraction of sp³-hybridized carbons (Fsp3) is 0.833. The second-order valence-electron chi connectivity index (χ2n) is 3.92. The summed E-state index contributed by atoms with van der Waals surface area (Å²) in [4.78, 5) is 0. The highest BCUT2D eigenvalue weighted by Gasteiger charge is 1.99. The van der Waals surface area contributed by atoms with E-state index in [4.69, 9.17) is 15.4 Å². The Labute approximate surface area is 111 Å². The van der Waals surface area contributed by atoms with E-state index in [1.807, 2.05) is 6.08 Å². The van der Waals surface area contributed by atoms with Gasteiger partial charge in [0.25, 0.3) is 10.1 Å². The fourth-order valence-corrected chi connectivity index (χ4v) is 1.43. The Morgan fingerprint density at radius 1 is 1.11 bits per heavy atom. The molecule has 0 saturated carbocycles. The molecule has 0 atom stereocenters. The molecular weight excluding hydrogens is 254 g/mol. The quantitative estimate of drug-likeness (QED) is 0.339. The average Bonchev–Trinajstić information content (AvgIpc) is 2.27. The third kappa shape index (κ3) is 24.7. The predicted molar refractivity (Wildman–Crippen MR) is 75.1 cm³/mol. The number of rotatable bonds is 9. The van der Waals surface area contributed by atoms with Gasteiger partial charge in [0.05, 0.1) is 12.4 Å². The summed E-state index contributed by atoms with van der Waals surface area (Å²) in [5.74, 6) is -0.576. The molecule has 0 aromatic rings. The predicted octanol–water partition coefficient (Wildman–Crippen LogP) is 1.73. The molecular formula is C12H27NO4S. The van der Waals surface area contributed by atoms with Gasteiger partial charge in [-0.05, 0) is 12.8 Å². The van der Waals surface area contributed by atoms with Crippen LogP contribution in [0, 0.1) is 0 Å². The Morgan fingerprint density at radius 2 is 1.72 bits per heavy atom. The van der Waals surface area contributed by atoms with Gasteiger partial charge in [-0.2, -0.15) is 8.42 Å². The lowest BCUT2D eigenvalue weighted by molar-refractivity contribution is 0.315. The zero-order chi connectivity index (χ0) is 14.3. The molecule has 110 valence electrons. The van der Waals surface area contributed by atoms with Crippen molar-refractivity contribution in [2.45, 2.75) is 45.4 Å². The van der Waals surface area contributed by atoms with Crippen molar-refractivity contribution in [2.24, 2.45) is 5.73 Å². The lowest BCUT2D eigenvalue weighted by atomic mass is 10.1. The third-order valence-corrected chi connectivity index (χ3v) is 2.82. The van der Waals surface area contributed by atoms with Crippen molar-refractivity contribution in [3.05, 3.63) is 12.2 Å². The highest BCUT2D eigenvalue weighted by Crippen LogP contribution is 2.04. The smallest absolute Gasteiger partial charge is 0.267 e. The summed E-state index contributed by atoms with van der Waals surface area (Å²) >= 11 is 0. The standard InChI is InChI=1S/C10H21N.C2H6O4S/c1-2-3-4-5-6-7-8-9-10-11;3-1-2-7(4,5)6/h8-9H,2-7,10-11H2,1H3;3H,1-2H2,(H,4,5,6). The van der Waals surface area contributed by atoms with Crippen LogP contribution >= 0.6 is 0 Å². The Hall–Kier alpha value is -0.430. The topological polar surface area (TPSA) is 101 Å². The van der Waals surface area contributed by atoms with E-state index in [2.05, 4.69) is 13.0 Å². The van der Waals surface area contributed by atoms with E-state index in [0.29, 0.717) is 6.54 Å². The van der Waals surface area contributed by atoms with Crippen LogP contribution in [0.3, 0.4) is 0 Å². The van der Waals surface area contributed by atoms with Gasteiger partial charge in [0.2, 0.25) is 0 Å². The molecule has 0 radical (unpaired) electrons. The first-order chi connectivity index (χ1) is 8.47. The minimum Gasteiger partial charge on any atom is -0.395 e. The van der Waals surface area contributed by atoms with E-state index in [1.165, 1.54) is 38.5 Å². The van der Waals surface area contributed by atoms with Crippen molar-refractivity contribution in [2.75, 3.05) is 18.9 Å². The number of hydrogen-bond acceptors (Lipinski definition) is 4. The summed E-state index contributed by atoms with van der Waals surface area (Å²) < 4.78 is 27.1. The van der Waals surface area contributed by atoms with Crippen molar-refractivity contribution >= 4 is 10.1 Å². The van der Waals surface area contributed by atoms with Crippen molar-refractivity contribution in [1.82, 2.24) is 0 Å². The van der Waals surface area contributed by atoms with E-state index in [-0.39, 0.29) is 0 Å². The molecule has 0 aliphatic rings. The van der Waals surface area contributed by atoms with Crippen LogP contribution in [-0.4, -0.2) is 37.0 Å². The lowest BCUT2D eigenvalue weighted by Gasteiger charge is -1.95. The average molecular weight is 281 g/mol. The zero-order valence-corrected chi connectivity index (χ0v) is 12.0. The number of aliphatic hydroxyl groups is 1. The first-order valence-corrected chi connectivity index (χ1v) is 8.00. The van der Waals surface area contributed by atoms with Crippen LogP contribution in [0.4, 0.5) is 0 Å².